The Labute approximate surface area is 115 Å². The zero-order valence-electron chi connectivity index (χ0n) is 12.6. The largest absolute Gasteiger partial charge is 0.497 e. The second-order valence-corrected chi connectivity index (χ2v) is 7.29. The average Bonchev–Trinajstić information content (AvgIpc) is 2.62. The summed E-state index contributed by atoms with van der Waals surface area (Å²) >= 11 is 0. The van der Waals surface area contributed by atoms with Gasteiger partial charge in [0.05, 0.1) is 7.11 Å². The first kappa shape index (κ1) is 12.6. The molecule has 0 bridgehead atoms. The maximum atomic E-state index is 5.38. The lowest BCUT2D eigenvalue weighted by molar-refractivity contribution is 0.231. The molecule has 2 nitrogen and oxygen atoms in total. The first-order chi connectivity index (χ1) is 8.82. The van der Waals surface area contributed by atoms with Crippen molar-refractivity contribution in [2.75, 3.05) is 7.11 Å². The van der Waals surface area contributed by atoms with Crippen LogP contribution < -0.4 is 4.74 Å². The van der Waals surface area contributed by atoms with E-state index in [0.29, 0.717) is 5.41 Å². The van der Waals surface area contributed by atoms with Crippen LogP contribution >= 0.6 is 0 Å². The van der Waals surface area contributed by atoms with E-state index in [1.165, 1.54) is 28.6 Å². The fourth-order valence-corrected chi connectivity index (χ4v) is 4.09. The van der Waals surface area contributed by atoms with E-state index in [-0.39, 0.29) is 5.41 Å². The average molecular weight is 257 g/mol. The van der Waals surface area contributed by atoms with Gasteiger partial charge in [-0.05, 0) is 47.4 Å². The number of fused-ring (bicyclic) bond motifs is 3. The first-order valence-electron chi connectivity index (χ1n) is 7.01. The monoisotopic (exact) mass is 257 g/mol. The molecule has 1 aliphatic rings. The van der Waals surface area contributed by atoms with Gasteiger partial charge in [-0.3, -0.25) is 0 Å². The summed E-state index contributed by atoms with van der Waals surface area (Å²) in [6, 6.07) is 6.34. The van der Waals surface area contributed by atoms with Crippen LogP contribution in [0.4, 0.5) is 0 Å². The smallest absolute Gasteiger partial charge is 0.119 e. The summed E-state index contributed by atoms with van der Waals surface area (Å²) in [6.07, 6.45) is 2.35. The van der Waals surface area contributed by atoms with Crippen LogP contribution in [0.3, 0.4) is 0 Å². The Morgan fingerprint density at radius 3 is 2.58 bits per heavy atom. The Morgan fingerprint density at radius 1 is 1.16 bits per heavy atom. The zero-order valence-corrected chi connectivity index (χ0v) is 12.6. The quantitative estimate of drug-likeness (QED) is 0.803. The highest BCUT2D eigenvalue weighted by Gasteiger charge is 2.39. The van der Waals surface area contributed by atoms with Crippen molar-refractivity contribution in [1.82, 2.24) is 4.98 Å². The summed E-state index contributed by atoms with van der Waals surface area (Å²) in [4.78, 5) is 3.62. The maximum absolute atomic E-state index is 5.38. The molecule has 0 unspecified atom stereocenters. The normalized spacial score (nSPS) is 20.3. The molecule has 102 valence electrons. The topological polar surface area (TPSA) is 25.0 Å². The summed E-state index contributed by atoms with van der Waals surface area (Å²) in [7, 11) is 1.73. The molecule has 0 spiro atoms. The third-order valence-corrected chi connectivity index (χ3v) is 4.34. The Bertz CT molecular complexity index is 634. The Balaban J connectivity index is 2.28. The van der Waals surface area contributed by atoms with E-state index in [4.69, 9.17) is 4.74 Å². The van der Waals surface area contributed by atoms with Gasteiger partial charge in [0.2, 0.25) is 0 Å². The van der Waals surface area contributed by atoms with Crippen LogP contribution in [0.1, 0.15) is 45.4 Å². The van der Waals surface area contributed by atoms with Crippen molar-refractivity contribution in [2.24, 2.45) is 5.41 Å². The van der Waals surface area contributed by atoms with E-state index in [2.05, 4.69) is 44.8 Å². The lowest BCUT2D eigenvalue weighted by Gasteiger charge is -2.40. The minimum atomic E-state index is 0.210. The molecule has 0 atom stereocenters. The van der Waals surface area contributed by atoms with Crippen LogP contribution in [0.15, 0.2) is 18.2 Å². The van der Waals surface area contributed by atoms with Gasteiger partial charge in [0.1, 0.15) is 5.75 Å². The zero-order chi connectivity index (χ0) is 13.8. The van der Waals surface area contributed by atoms with Crippen molar-refractivity contribution in [3.05, 3.63) is 29.5 Å². The molecule has 1 aromatic heterocycles. The number of H-pyrrole nitrogens is 1. The highest BCUT2D eigenvalue weighted by molar-refractivity contribution is 5.87. The van der Waals surface area contributed by atoms with Gasteiger partial charge in [0.25, 0.3) is 0 Å². The van der Waals surface area contributed by atoms with Crippen LogP contribution in [0, 0.1) is 5.41 Å². The van der Waals surface area contributed by atoms with Crippen LogP contribution in [0.25, 0.3) is 10.9 Å². The van der Waals surface area contributed by atoms with E-state index in [1.54, 1.807) is 7.11 Å². The molecule has 1 aliphatic carbocycles. The molecule has 3 rings (SSSR count). The minimum absolute atomic E-state index is 0.210. The van der Waals surface area contributed by atoms with Crippen molar-refractivity contribution in [3.63, 3.8) is 0 Å². The van der Waals surface area contributed by atoms with Crippen LogP contribution in [-0.2, 0) is 11.8 Å². The number of hydrogen-bond donors (Lipinski definition) is 1. The Hall–Kier alpha value is -1.44. The molecule has 1 aromatic carbocycles. The van der Waals surface area contributed by atoms with Crippen LogP contribution in [-0.4, -0.2) is 12.1 Å². The van der Waals surface area contributed by atoms with Gasteiger partial charge in [-0.25, -0.2) is 0 Å². The van der Waals surface area contributed by atoms with E-state index >= 15 is 0 Å². The van der Waals surface area contributed by atoms with Crippen molar-refractivity contribution >= 4 is 10.9 Å². The van der Waals surface area contributed by atoms with E-state index in [9.17, 15) is 0 Å². The molecule has 0 saturated carbocycles. The molecule has 0 amide bonds. The van der Waals surface area contributed by atoms with Crippen LogP contribution in [0.2, 0.25) is 0 Å². The van der Waals surface area contributed by atoms with Crippen molar-refractivity contribution in [1.29, 1.82) is 0 Å². The fraction of sp³-hybridized carbons (Fsp3) is 0.529. The number of benzene rings is 1. The molecule has 19 heavy (non-hydrogen) atoms. The predicted octanol–water partition coefficient (Wildman–Crippen LogP) is 4.43. The molecule has 0 aliphatic heterocycles. The number of ether oxygens (including phenoxy) is 1. The first-order valence-corrected chi connectivity index (χ1v) is 7.01. The lowest BCUT2D eigenvalue weighted by Crippen LogP contribution is -2.34. The van der Waals surface area contributed by atoms with E-state index < -0.39 is 0 Å². The molecule has 0 saturated heterocycles. The summed E-state index contributed by atoms with van der Waals surface area (Å²) in [5.41, 5.74) is 4.70. The molecule has 0 radical (unpaired) electrons. The number of aromatic nitrogens is 1. The minimum Gasteiger partial charge on any atom is -0.497 e. The third-order valence-electron chi connectivity index (χ3n) is 4.34. The van der Waals surface area contributed by atoms with Gasteiger partial charge in [-0.15, -0.1) is 0 Å². The number of aromatic amines is 1. The Kier molecular flexibility index (Phi) is 2.51. The van der Waals surface area contributed by atoms with E-state index in [1.807, 2.05) is 6.07 Å². The van der Waals surface area contributed by atoms with Gasteiger partial charge in [0.15, 0.2) is 0 Å². The second-order valence-electron chi connectivity index (χ2n) is 7.29. The number of hydrogen-bond acceptors (Lipinski definition) is 1. The van der Waals surface area contributed by atoms with Gasteiger partial charge in [-0.1, -0.05) is 27.7 Å². The molecule has 2 aromatic rings. The summed E-state index contributed by atoms with van der Waals surface area (Å²) in [6.45, 7) is 9.45. The SMILES string of the molecule is COc1ccc2[nH]c3c(c2c1)C(C)(C)CC(C)(C)C3. The van der Waals surface area contributed by atoms with Crippen molar-refractivity contribution in [3.8, 4) is 5.75 Å². The number of methoxy groups -OCH3 is 1. The molecule has 1 heterocycles. The van der Waals surface area contributed by atoms with Gasteiger partial charge < -0.3 is 9.72 Å². The van der Waals surface area contributed by atoms with E-state index in [0.717, 1.165) is 12.2 Å². The molecular formula is C17H23NO. The molecule has 2 heteroatoms. The standard InChI is InChI=1S/C17H23NO/c1-16(2)9-14-15(17(3,4)10-16)12-8-11(19-5)6-7-13(12)18-14/h6-8,18H,9-10H2,1-5H3. The predicted molar refractivity (Wildman–Crippen MR) is 80.0 cm³/mol. The summed E-state index contributed by atoms with van der Waals surface area (Å²) in [5, 5.41) is 1.33. The summed E-state index contributed by atoms with van der Waals surface area (Å²) < 4.78 is 5.38. The Morgan fingerprint density at radius 2 is 1.89 bits per heavy atom. The van der Waals surface area contributed by atoms with Crippen LogP contribution in [0.5, 0.6) is 5.75 Å². The van der Waals surface area contributed by atoms with Crippen molar-refractivity contribution < 1.29 is 4.74 Å². The molecule has 0 fully saturated rings. The highest BCUT2D eigenvalue weighted by Crippen LogP contribution is 2.48. The second kappa shape index (κ2) is 3.78. The maximum Gasteiger partial charge on any atom is 0.119 e. The van der Waals surface area contributed by atoms with Gasteiger partial charge >= 0.3 is 0 Å². The van der Waals surface area contributed by atoms with Gasteiger partial charge in [-0.2, -0.15) is 0 Å². The molecule has 1 N–H and O–H groups in total. The number of nitrogens with one attached hydrogen (secondary N) is 1. The fourth-order valence-electron chi connectivity index (χ4n) is 4.09. The van der Waals surface area contributed by atoms with Crippen molar-refractivity contribution in [2.45, 2.75) is 46.0 Å². The summed E-state index contributed by atoms with van der Waals surface area (Å²) in [5.74, 6) is 0.940. The molecular weight excluding hydrogens is 234 g/mol. The van der Waals surface area contributed by atoms with Gasteiger partial charge in [0, 0.05) is 16.6 Å². The third kappa shape index (κ3) is 1.94. The lowest BCUT2D eigenvalue weighted by atomic mass is 9.64. The highest BCUT2D eigenvalue weighted by atomic mass is 16.5. The number of rotatable bonds is 1.